The van der Waals surface area contributed by atoms with Crippen LogP contribution in [-0.4, -0.2) is 15.0 Å². The summed E-state index contributed by atoms with van der Waals surface area (Å²) in [7, 11) is 0. The van der Waals surface area contributed by atoms with Crippen LogP contribution in [0.4, 0.5) is 23.1 Å². The molecule has 6 rings (SSSR count). The number of halogens is 1. The molecule has 1 fully saturated rings. The average Bonchev–Trinajstić information content (AvgIpc) is 2.94. The van der Waals surface area contributed by atoms with E-state index in [4.69, 9.17) is 28.1 Å². The predicted octanol–water partition coefficient (Wildman–Crippen LogP) is 7.97. The third-order valence-electron chi connectivity index (χ3n) is 7.28. The highest BCUT2D eigenvalue weighted by molar-refractivity contribution is 6.30. The summed E-state index contributed by atoms with van der Waals surface area (Å²) < 4.78 is 0. The van der Waals surface area contributed by atoms with Crippen molar-refractivity contribution in [1.82, 2.24) is 15.0 Å². The van der Waals surface area contributed by atoms with Gasteiger partial charge in [0.15, 0.2) is 0 Å². The first-order valence-electron chi connectivity index (χ1n) is 13.0. The van der Waals surface area contributed by atoms with Gasteiger partial charge in [0.1, 0.15) is 5.82 Å². The molecule has 0 spiro atoms. The molecule has 0 atom stereocenters. The monoisotopic (exact) mass is 520 g/mol. The molecule has 2 heterocycles. The van der Waals surface area contributed by atoms with Gasteiger partial charge >= 0.3 is 0 Å². The van der Waals surface area contributed by atoms with E-state index in [1.54, 1.807) is 0 Å². The number of anilines is 4. The van der Waals surface area contributed by atoms with Crippen molar-refractivity contribution in [2.75, 3.05) is 16.8 Å². The number of fused-ring (bicyclic) bond motifs is 1. The SMILES string of the molecule is Nc1nc(Nc2ccc3nc(-c4ccc(C5CCCCC5)cc4)cc(N)c3c2)cc(-c2ccc(Cl)cc2)n1. The van der Waals surface area contributed by atoms with Crippen molar-refractivity contribution in [3.63, 3.8) is 0 Å². The number of benzene rings is 3. The van der Waals surface area contributed by atoms with Crippen molar-refractivity contribution in [2.45, 2.75) is 38.0 Å². The molecule has 38 heavy (non-hydrogen) atoms. The number of nitrogens with two attached hydrogens (primary N) is 2. The van der Waals surface area contributed by atoms with Crippen LogP contribution in [0.25, 0.3) is 33.4 Å². The second kappa shape index (κ2) is 10.3. The molecule has 7 heteroatoms. The van der Waals surface area contributed by atoms with Crippen molar-refractivity contribution >= 4 is 45.6 Å². The number of hydrogen-bond donors (Lipinski definition) is 3. The second-order valence-electron chi connectivity index (χ2n) is 9.91. The Morgan fingerprint density at radius 1 is 0.711 bits per heavy atom. The molecule has 0 aliphatic heterocycles. The van der Waals surface area contributed by atoms with Gasteiger partial charge < -0.3 is 16.8 Å². The van der Waals surface area contributed by atoms with Crippen molar-refractivity contribution in [2.24, 2.45) is 0 Å². The lowest BCUT2D eigenvalue weighted by Crippen LogP contribution is -2.04. The summed E-state index contributed by atoms with van der Waals surface area (Å²) in [5, 5.41) is 4.86. The van der Waals surface area contributed by atoms with Crippen LogP contribution in [0.15, 0.2) is 78.9 Å². The average molecular weight is 521 g/mol. The lowest BCUT2D eigenvalue weighted by molar-refractivity contribution is 0.443. The molecule has 0 radical (unpaired) electrons. The fraction of sp³-hybridized carbons (Fsp3) is 0.194. The zero-order valence-corrected chi connectivity index (χ0v) is 21.7. The van der Waals surface area contributed by atoms with Gasteiger partial charge in [0, 0.05) is 39.0 Å². The lowest BCUT2D eigenvalue weighted by Gasteiger charge is -2.22. The highest BCUT2D eigenvalue weighted by atomic mass is 35.5. The minimum atomic E-state index is 0.182. The number of nitrogens with zero attached hydrogens (tertiary/aromatic N) is 3. The fourth-order valence-corrected chi connectivity index (χ4v) is 5.41. The van der Waals surface area contributed by atoms with Gasteiger partial charge in [-0.3, -0.25) is 0 Å². The molecule has 190 valence electrons. The third-order valence-corrected chi connectivity index (χ3v) is 7.53. The Morgan fingerprint density at radius 2 is 1.39 bits per heavy atom. The molecule has 3 aromatic carbocycles. The lowest BCUT2D eigenvalue weighted by atomic mass is 9.84. The normalized spacial score (nSPS) is 14.0. The molecule has 2 aromatic heterocycles. The van der Waals surface area contributed by atoms with Crippen LogP contribution >= 0.6 is 11.6 Å². The molecular weight excluding hydrogens is 492 g/mol. The largest absolute Gasteiger partial charge is 0.398 e. The van der Waals surface area contributed by atoms with Gasteiger partial charge in [0.05, 0.1) is 16.9 Å². The molecule has 6 nitrogen and oxygen atoms in total. The van der Waals surface area contributed by atoms with Gasteiger partial charge in [0.25, 0.3) is 0 Å². The summed E-state index contributed by atoms with van der Waals surface area (Å²) in [6, 6.07) is 26.0. The van der Waals surface area contributed by atoms with Crippen LogP contribution in [0.2, 0.25) is 5.02 Å². The van der Waals surface area contributed by atoms with E-state index < -0.39 is 0 Å². The molecule has 1 aliphatic rings. The first-order valence-corrected chi connectivity index (χ1v) is 13.4. The number of hydrogen-bond acceptors (Lipinski definition) is 6. The van der Waals surface area contributed by atoms with Crippen molar-refractivity contribution in [3.05, 3.63) is 89.4 Å². The summed E-state index contributed by atoms with van der Waals surface area (Å²) in [5.41, 5.74) is 19.9. The molecule has 1 aliphatic carbocycles. The van der Waals surface area contributed by atoms with E-state index >= 15 is 0 Å². The fourth-order valence-electron chi connectivity index (χ4n) is 5.29. The van der Waals surface area contributed by atoms with E-state index in [1.807, 2.05) is 54.6 Å². The minimum absolute atomic E-state index is 0.182. The summed E-state index contributed by atoms with van der Waals surface area (Å²) >= 11 is 6.02. The summed E-state index contributed by atoms with van der Waals surface area (Å²) in [6.45, 7) is 0. The first kappa shape index (κ1) is 24.2. The van der Waals surface area contributed by atoms with Crippen LogP contribution in [0, 0.1) is 0 Å². The molecule has 0 saturated heterocycles. The smallest absolute Gasteiger partial charge is 0.222 e. The van der Waals surface area contributed by atoms with Crippen LogP contribution in [-0.2, 0) is 0 Å². The molecule has 0 unspecified atom stereocenters. The molecule has 1 saturated carbocycles. The maximum atomic E-state index is 6.52. The van der Waals surface area contributed by atoms with Crippen LogP contribution < -0.4 is 16.8 Å². The van der Waals surface area contributed by atoms with Crippen molar-refractivity contribution in [1.29, 1.82) is 0 Å². The van der Waals surface area contributed by atoms with Crippen molar-refractivity contribution < 1.29 is 0 Å². The number of aromatic nitrogens is 3. The van der Waals surface area contributed by atoms with Crippen LogP contribution in [0.3, 0.4) is 0 Å². The number of nitrogen functional groups attached to an aromatic ring is 2. The van der Waals surface area contributed by atoms with E-state index in [9.17, 15) is 0 Å². The quantitative estimate of drug-likeness (QED) is 0.217. The van der Waals surface area contributed by atoms with E-state index in [2.05, 4.69) is 39.6 Å². The third kappa shape index (κ3) is 5.13. The van der Waals surface area contributed by atoms with E-state index in [1.165, 1.54) is 37.7 Å². The van der Waals surface area contributed by atoms with E-state index in [0.717, 1.165) is 33.4 Å². The summed E-state index contributed by atoms with van der Waals surface area (Å²) in [6.07, 6.45) is 6.62. The van der Waals surface area contributed by atoms with E-state index in [0.29, 0.717) is 28.1 Å². The van der Waals surface area contributed by atoms with Gasteiger partial charge in [-0.05, 0) is 60.7 Å². The molecule has 5 aromatic rings. The van der Waals surface area contributed by atoms with E-state index in [-0.39, 0.29) is 5.95 Å². The Labute approximate surface area is 227 Å². The zero-order chi connectivity index (χ0) is 26.1. The maximum Gasteiger partial charge on any atom is 0.222 e. The van der Waals surface area contributed by atoms with Gasteiger partial charge in [-0.15, -0.1) is 0 Å². The maximum absolute atomic E-state index is 6.52. The van der Waals surface area contributed by atoms with Crippen LogP contribution in [0.5, 0.6) is 0 Å². The first-order chi connectivity index (χ1) is 18.5. The van der Waals surface area contributed by atoms with Crippen molar-refractivity contribution in [3.8, 4) is 22.5 Å². The Balaban J connectivity index is 1.25. The number of rotatable bonds is 5. The molecule has 5 N–H and O–H groups in total. The number of pyridine rings is 1. The highest BCUT2D eigenvalue weighted by Gasteiger charge is 2.16. The van der Waals surface area contributed by atoms with Gasteiger partial charge in [-0.2, -0.15) is 4.98 Å². The molecular formula is C31H29ClN6. The standard InChI is InChI=1S/C31H29ClN6/c32-23-12-10-22(11-13-23)29-18-30(38-31(34)37-29)35-24-14-15-27-25(16-24)26(33)17-28(36-27)21-8-6-20(7-9-21)19-4-2-1-3-5-19/h6-19H,1-5H2,(H2,33,36)(H3,34,35,37,38). The minimum Gasteiger partial charge on any atom is -0.398 e. The summed E-state index contributed by atoms with van der Waals surface area (Å²) in [5.74, 6) is 1.45. The molecule has 0 amide bonds. The summed E-state index contributed by atoms with van der Waals surface area (Å²) in [4.78, 5) is 13.6. The van der Waals surface area contributed by atoms with Crippen LogP contribution in [0.1, 0.15) is 43.6 Å². The Morgan fingerprint density at radius 3 is 2.13 bits per heavy atom. The van der Waals surface area contributed by atoms with Gasteiger partial charge in [-0.1, -0.05) is 67.3 Å². The zero-order valence-electron chi connectivity index (χ0n) is 21.0. The predicted molar refractivity (Wildman–Crippen MR) is 158 cm³/mol. The second-order valence-corrected chi connectivity index (χ2v) is 10.4. The van der Waals surface area contributed by atoms with Gasteiger partial charge in [0.2, 0.25) is 5.95 Å². The number of nitrogens with one attached hydrogen (secondary N) is 1. The Hall–Kier alpha value is -4.16. The Kier molecular flexibility index (Phi) is 6.56. The Bertz CT molecular complexity index is 1590. The molecule has 0 bridgehead atoms. The van der Waals surface area contributed by atoms with Gasteiger partial charge in [-0.25, -0.2) is 9.97 Å². The topological polar surface area (TPSA) is 103 Å². The highest BCUT2D eigenvalue weighted by Crippen LogP contribution is 2.35.